The Balaban J connectivity index is 1.21. The number of carbonyl (C=O) groups is 1. The predicted molar refractivity (Wildman–Crippen MR) is 136 cm³/mol. The van der Waals surface area contributed by atoms with E-state index < -0.39 is 0 Å². The zero-order valence-corrected chi connectivity index (χ0v) is 20.6. The highest BCUT2D eigenvalue weighted by atomic mass is 16.2. The monoisotopic (exact) mass is 474 g/mol. The van der Waals surface area contributed by atoms with Crippen LogP contribution in [0.4, 0.5) is 11.8 Å². The molecule has 0 spiro atoms. The summed E-state index contributed by atoms with van der Waals surface area (Å²) in [6.07, 6.45) is 9.66. The number of amides is 1. The summed E-state index contributed by atoms with van der Waals surface area (Å²) in [5.41, 5.74) is 2.88. The molecule has 1 amide bonds. The van der Waals surface area contributed by atoms with E-state index in [1.54, 1.807) is 6.20 Å². The predicted octanol–water partition coefficient (Wildman–Crippen LogP) is 3.18. The van der Waals surface area contributed by atoms with E-state index in [0.717, 1.165) is 37.2 Å². The molecule has 2 N–H and O–H groups in total. The van der Waals surface area contributed by atoms with Gasteiger partial charge in [-0.25, -0.2) is 9.97 Å². The minimum atomic E-state index is 0.0583. The van der Waals surface area contributed by atoms with E-state index in [0.29, 0.717) is 35.3 Å². The molecule has 2 saturated heterocycles. The third-order valence-corrected chi connectivity index (χ3v) is 7.59. The first-order chi connectivity index (χ1) is 17.0. The zero-order valence-electron chi connectivity index (χ0n) is 20.6. The number of pyridine rings is 1. The van der Waals surface area contributed by atoms with Crippen LogP contribution in [0.15, 0.2) is 30.6 Å². The molecule has 1 saturated carbocycles. The van der Waals surface area contributed by atoms with Crippen molar-refractivity contribution in [2.45, 2.75) is 50.7 Å². The summed E-state index contributed by atoms with van der Waals surface area (Å²) in [5.74, 6) is 1.79. The number of hydrogen-bond donors (Lipinski definition) is 2. The first-order valence-corrected chi connectivity index (χ1v) is 12.8. The molecule has 9 nitrogen and oxygen atoms in total. The molecule has 2 unspecified atom stereocenters. The molecule has 2 bridgehead atoms. The van der Waals surface area contributed by atoms with Crippen molar-refractivity contribution in [3.05, 3.63) is 41.9 Å². The van der Waals surface area contributed by atoms with E-state index in [1.807, 2.05) is 23.2 Å². The number of rotatable bonds is 6. The number of likely N-dealkylation sites (tertiary alicyclic amines) is 1. The highest BCUT2D eigenvalue weighted by Crippen LogP contribution is 2.35. The van der Waals surface area contributed by atoms with E-state index in [2.05, 4.69) is 50.2 Å². The number of anilines is 2. The number of nitrogens with one attached hydrogen (secondary N) is 2. The number of nitrogens with zero attached hydrogens (tertiary/aromatic N) is 6. The molecule has 2 atom stereocenters. The number of piperidine rings is 1. The van der Waals surface area contributed by atoms with Crippen LogP contribution < -0.4 is 10.6 Å². The Kier molecular flexibility index (Phi) is 5.89. The fraction of sp³-hybridized carbons (Fsp3) is 0.538. The topological polar surface area (TPSA) is 91.2 Å². The summed E-state index contributed by atoms with van der Waals surface area (Å²) in [4.78, 5) is 31.1. The number of aromatic nitrogens is 4. The molecule has 3 fully saturated rings. The average Bonchev–Trinajstić information content (AvgIpc) is 3.57. The lowest BCUT2D eigenvalue weighted by Gasteiger charge is -2.31. The van der Waals surface area contributed by atoms with Crippen molar-refractivity contribution >= 4 is 28.7 Å². The molecule has 9 heteroatoms. The van der Waals surface area contributed by atoms with Gasteiger partial charge in [-0.05, 0) is 57.5 Å². The van der Waals surface area contributed by atoms with Crippen molar-refractivity contribution in [1.82, 2.24) is 34.6 Å². The van der Waals surface area contributed by atoms with E-state index in [1.165, 1.54) is 37.8 Å². The summed E-state index contributed by atoms with van der Waals surface area (Å²) in [6.45, 7) is 3.49. The van der Waals surface area contributed by atoms with Gasteiger partial charge in [-0.15, -0.1) is 0 Å². The van der Waals surface area contributed by atoms with E-state index in [-0.39, 0.29) is 5.91 Å². The van der Waals surface area contributed by atoms with Gasteiger partial charge in [0.1, 0.15) is 11.5 Å². The van der Waals surface area contributed by atoms with Crippen LogP contribution in [0.25, 0.3) is 11.0 Å². The molecular weight excluding hydrogens is 440 g/mol. The van der Waals surface area contributed by atoms with Gasteiger partial charge in [0.2, 0.25) is 5.95 Å². The van der Waals surface area contributed by atoms with Crippen molar-refractivity contribution < 1.29 is 4.79 Å². The van der Waals surface area contributed by atoms with Crippen LogP contribution in [0, 0.1) is 5.92 Å². The zero-order chi connectivity index (χ0) is 23.9. The summed E-state index contributed by atoms with van der Waals surface area (Å²) in [6, 6.07) is 6.83. The molecule has 35 heavy (non-hydrogen) atoms. The third kappa shape index (κ3) is 4.50. The Morgan fingerprint density at radius 3 is 2.77 bits per heavy atom. The number of carbonyl (C=O) groups excluding carboxylic acids is 1. The van der Waals surface area contributed by atoms with Crippen molar-refractivity contribution in [3.63, 3.8) is 0 Å². The van der Waals surface area contributed by atoms with Crippen LogP contribution >= 0.6 is 0 Å². The second-order valence-corrected chi connectivity index (χ2v) is 10.6. The molecule has 3 aliphatic rings. The second-order valence-electron chi connectivity index (χ2n) is 10.6. The molecule has 0 aromatic carbocycles. The van der Waals surface area contributed by atoms with Gasteiger partial charge in [0, 0.05) is 61.7 Å². The van der Waals surface area contributed by atoms with E-state index in [4.69, 9.17) is 4.98 Å². The molecule has 3 aromatic rings. The Morgan fingerprint density at radius 2 is 2.03 bits per heavy atom. The van der Waals surface area contributed by atoms with Gasteiger partial charge in [0.05, 0.1) is 5.56 Å². The number of fused-ring (bicyclic) bond motifs is 3. The molecule has 6 rings (SSSR count). The number of hydrogen-bond acceptors (Lipinski definition) is 7. The lowest BCUT2D eigenvalue weighted by atomic mass is 9.99. The van der Waals surface area contributed by atoms with Gasteiger partial charge >= 0.3 is 0 Å². The molecule has 184 valence electrons. The van der Waals surface area contributed by atoms with Gasteiger partial charge in [0.15, 0.2) is 0 Å². The Bertz CT molecular complexity index is 1200. The van der Waals surface area contributed by atoms with Crippen molar-refractivity contribution in [3.8, 4) is 0 Å². The quantitative estimate of drug-likeness (QED) is 0.567. The van der Waals surface area contributed by atoms with Crippen LogP contribution in [0.3, 0.4) is 0 Å². The fourth-order valence-electron chi connectivity index (χ4n) is 6.03. The largest absolute Gasteiger partial charge is 0.337 e. The lowest BCUT2D eigenvalue weighted by Crippen LogP contribution is -2.44. The molecule has 3 aromatic heterocycles. The summed E-state index contributed by atoms with van der Waals surface area (Å²) >= 11 is 0. The highest BCUT2D eigenvalue weighted by molar-refractivity contribution is 5.94. The van der Waals surface area contributed by atoms with Crippen LogP contribution in [0.1, 0.15) is 54.2 Å². The summed E-state index contributed by atoms with van der Waals surface area (Å²) in [5, 5.41) is 7.81. The Labute approximate surface area is 205 Å². The van der Waals surface area contributed by atoms with Crippen LogP contribution in [-0.2, 0) is 6.54 Å². The van der Waals surface area contributed by atoms with Gasteiger partial charge in [-0.2, -0.15) is 4.98 Å². The minimum Gasteiger partial charge on any atom is -0.337 e. The first-order valence-electron chi connectivity index (χ1n) is 12.8. The molecule has 0 radical (unpaired) electrons. The maximum atomic E-state index is 13.0. The highest BCUT2D eigenvalue weighted by Gasteiger charge is 2.35. The summed E-state index contributed by atoms with van der Waals surface area (Å²) in [7, 11) is 4.20. The smallest absolute Gasteiger partial charge is 0.255 e. The standard InChI is InChI=1S/C26H34N8O/c1-32(2)16-22-10-19-13-29-26(31-24(19)34(22)21-5-3-4-6-21)30-23-8-7-18(12-28-23)25(35)33-14-17-9-20(15-33)27-11-17/h7-8,10,12-13,17,20-21,27H,3-6,9,11,14-16H2,1-2H3,(H,28,29,30,31). The van der Waals surface area contributed by atoms with Crippen LogP contribution in [0.2, 0.25) is 0 Å². The fourth-order valence-corrected chi connectivity index (χ4v) is 6.03. The summed E-state index contributed by atoms with van der Waals surface area (Å²) < 4.78 is 2.42. The maximum absolute atomic E-state index is 13.0. The molecule has 2 aliphatic heterocycles. The van der Waals surface area contributed by atoms with Crippen molar-refractivity contribution in [2.75, 3.05) is 39.0 Å². The van der Waals surface area contributed by atoms with Crippen LogP contribution in [-0.4, -0.2) is 75.0 Å². The third-order valence-electron chi connectivity index (χ3n) is 7.59. The normalized spacial score (nSPS) is 22.4. The maximum Gasteiger partial charge on any atom is 0.255 e. The minimum absolute atomic E-state index is 0.0583. The Morgan fingerprint density at radius 1 is 1.17 bits per heavy atom. The molecular formula is C26H34N8O. The average molecular weight is 475 g/mol. The molecule has 1 aliphatic carbocycles. The molecule has 5 heterocycles. The van der Waals surface area contributed by atoms with Crippen molar-refractivity contribution in [2.24, 2.45) is 5.92 Å². The lowest BCUT2D eigenvalue weighted by molar-refractivity contribution is 0.0691. The van der Waals surface area contributed by atoms with Gasteiger partial charge < -0.3 is 25.0 Å². The van der Waals surface area contributed by atoms with Gasteiger partial charge in [-0.3, -0.25) is 4.79 Å². The van der Waals surface area contributed by atoms with Gasteiger partial charge in [0.25, 0.3) is 5.91 Å². The van der Waals surface area contributed by atoms with Gasteiger partial charge in [-0.1, -0.05) is 12.8 Å². The van der Waals surface area contributed by atoms with Crippen molar-refractivity contribution in [1.29, 1.82) is 0 Å². The first kappa shape index (κ1) is 22.4. The second kappa shape index (κ2) is 9.20. The van der Waals surface area contributed by atoms with E-state index in [9.17, 15) is 4.79 Å². The van der Waals surface area contributed by atoms with Crippen LogP contribution in [0.5, 0.6) is 0 Å². The Hall–Kier alpha value is -3.04. The SMILES string of the molecule is CN(C)Cc1cc2cnc(Nc3ccc(C(=O)N4CC5CNC(C5)C4)cn3)nc2n1C1CCCC1. The van der Waals surface area contributed by atoms with E-state index >= 15 is 0 Å².